The first-order valence-corrected chi connectivity index (χ1v) is 7.21. The molecule has 17 heavy (non-hydrogen) atoms. The maximum Gasteiger partial charge on any atom is 0.161 e. The molecule has 1 aromatic heterocycles. The van der Waals surface area contributed by atoms with E-state index in [1.807, 2.05) is 20.2 Å². The van der Waals surface area contributed by atoms with E-state index in [-0.39, 0.29) is 0 Å². The Morgan fingerprint density at radius 3 is 2.65 bits per heavy atom. The minimum absolute atomic E-state index is 0.817. The van der Waals surface area contributed by atoms with Crippen molar-refractivity contribution in [2.75, 3.05) is 6.54 Å². The second-order valence-electron chi connectivity index (χ2n) is 3.91. The first kappa shape index (κ1) is 14.3. The molecule has 2 nitrogen and oxygen atoms in total. The monoisotopic (exact) mass is 268 g/mol. The predicted molar refractivity (Wildman–Crippen MR) is 80.8 cm³/mol. The molecule has 0 saturated heterocycles. The van der Waals surface area contributed by atoms with Crippen molar-refractivity contribution in [2.24, 2.45) is 12.0 Å². The lowest BCUT2D eigenvalue weighted by atomic mass is 10.1. The van der Waals surface area contributed by atoms with E-state index < -0.39 is 0 Å². The molecule has 0 aliphatic rings. The Morgan fingerprint density at radius 2 is 2.18 bits per heavy atom. The van der Waals surface area contributed by atoms with Crippen LogP contribution in [0, 0.1) is 10.9 Å². The van der Waals surface area contributed by atoms with Crippen LogP contribution in [0.25, 0.3) is 5.57 Å². The van der Waals surface area contributed by atoms with Crippen molar-refractivity contribution in [3.8, 4) is 0 Å². The maximum atomic E-state index is 5.32. The van der Waals surface area contributed by atoms with Gasteiger partial charge in [-0.05, 0) is 32.5 Å². The summed E-state index contributed by atoms with van der Waals surface area (Å²) in [7, 11) is 2.03. The van der Waals surface area contributed by atoms with Crippen molar-refractivity contribution in [1.82, 2.24) is 4.57 Å². The predicted octanol–water partition coefficient (Wildman–Crippen LogP) is 4.40. The van der Waals surface area contributed by atoms with Gasteiger partial charge in [-0.3, -0.25) is 4.99 Å². The van der Waals surface area contributed by atoms with Crippen molar-refractivity contribution in [3.63, 3.8) is 0 Å². The van der Waals surface area contributed by atoms with Gasteiger partial charge < -0.3 is 4.57 Å². The molecule has 0 atom stereocenters. The Kier molecular flexibility index (Phi) is 5.78. The number of aryl methyl sites for hydroxylation is 1. The summed E-state index contributed by atoms with van der Waals surface area (Å²) in [5, 5.41) is 0. The molecule has 1 aromatic rings. The second kappa shape index (κ2) is 6.87. The summed E-state index contributed by atoms with van der Waals surface area (Å²) in [4.78, 5) is 5.62. The van der Waals surface area contributed by atoms with Crippen molar-refractivity contribution >= 4 is 35.3 Å². The molecule has 0 saturated carbocycles. The van der Waals surface area contributed by atoms with Gasteiger partial charge in [-0.2, -0.15) is 0 Å². The Morgan fingerprint density at radius 1 is 1.47 bits per heavy atom. The fraction of sp³-hybridized carbons (Fsp3) is 0.538. The SMILES string of the molecule is CCC/C=C(\C=NCC)c1c(C)sc(=S)n1C. The highest BCUT2D eigenvalue weighted by Gasteiger charge is 2.09. The summed E-state index contributed by atoms with van der Waals surface area (Å²) in [6.07, 6.45) is 6.45. The average molecular weight is 268 g/mol. The summed E-state index contributed by atoms with van der Waals surface area (Å²) >= 11 is 6.98. The number of nitrogens with zero attached hydrogens (tertiary/aromatic N) is 2. The first-order chi connectivity index (χ1) is 8.11. The molecule has 0 bridgehead atoms. The number of aromatic nitrogens is 1. The molecule has 0 aromatic carbocycles. The summed E-state index contributed by atoms with van der Waals surface area (Å²) in [5.74, 6) is 0. The van der Waals surface area contributed by atoms with Crippen LogP contribution in [0.1, 0.15) is 37.3 Å². The van der Waals surface area contributed by atoms with Crippen molar-refractivity contribution < 1.29 is 0 Å². The summed E-state index contributed by atoms with van der Waals surface area (Å²) in [6.45, 7) is 7.17. The van der Waals surface area contributed by atoms with E-state index in [2.05, 4.69) is 29.5 Å². The molecule has 0 N–H and O–H groups in total. The Balaban J connectivity index is 3.21. The summed E-state index contributed by atoms with van der Waals surface area (Å²) in [6, 6.07) is 0. The molecular formula is C13H20N2S2. The lowest BCUT2D eigenvalue weighted by Gasteiger charge is -2.05. The van der Waals surface area contributed by atoms with Gasteiger partial charge in [0, 0.05) is 30.3 Å². The maximum absolute atomic E-state index is 5.32. The third kappa shape index (κ3) is 3.61. The van der Waals surface area contributed by atoms with Crippen LogP contribution >= 0.6 is 23.6 Å². The molecule has 0 aliphatic carbocycles. The van der Waals surface area contributed by atoms with Crippen LogP contribution in [0.3, 0.4) is 0 Å². The highest BCUT2D eigenvalue weighted by Crippen LogP contribution is 2.24. The van der Waals surface area contributed by atoms with E-state index in [0.29, 0.717) is 0 Å². The Hall–Kier alpha value is -0.740. The second-order valence-corrected chi connectivity index (χ2v) is 5.76. The van der Waals surface area contributed by atoms with Crippen LogP contribution in [0.15, 0.2) is 11.1 Å². The van der Waals surface area contributed by atoms with Gasteiger partial charge in [-0.1, -0.05) is 19.4 Å². The topological polar surface area (TPSA) is 17.3 Å². The zero-order valence-corrected chi connectivity index (χ0v) is 12.6. The fourth-order valence-electron chi connectivity index (χ4n) is 1.67. The molecule has 4 heteroatoms. The van der Waals surface area contributed by atoms with Gasteiger partial charge in [0.05, 0.1) is 5.69 Å². The molecule has 0 fully saturated rings. The summed E-state index contributed by atoms with van der Waals surface area (Å²) < 4.78 is 3.00. The van der Waals surface area contributed by atoms with E-state index >= 15 is 0 Å². The van der Waals surface area contributed by atoms with Gasteiger partial charge >= 0.3 is 0 Å². The average Bonchev–Trinajstić information content (AvgIpc) is 2.55. The first-order valence-electron chi connectivity index (χ1n) is 5.98. The third-order valence-corrected chi connectivity index (χ3v) is 3.99. The molecular weight excluding hydrogens is 248 g/mol. The zero-order valence-electron chi connectivity index (χ0n) is 11.0. The van der Waals surface area contributed by atoms with E-state index in [0.717, 1.165) is 23.3 Å². The zero-order chi connectivity index (χ0) is 12.8. The summed E-state index contributed by atoms with van der Waals surface area (Å²) in [5.41, 5.74) is 2.41. The molecule has 0 aliphatic heterocycles. The number of thiazole rings is 1. The number of allylic oxidation sites excluding steroid dienone is 2. The minimum Gasteiger partial charge on any atom is -0.326 e. The fourth-order valence-corrected chi connectivity index (χ4v) is 2.98. The number of hydrogen-bond acceptors (Lipinski definition) is 3. The lowest BCUT2D eigenvalue weighted by Crippen LogP contribution is -1.99. The van der Waals surface area contributed by atoms with Crippen LogP contribution in [0.5, 0.6) is 0 Å². The molecule has 0 radical (unpaired) electrons. The van der Waals surface area contributed by atoms with Gasteiger partial charge in [0.1, 0.15) is 0 Å². The van der Waals surface area contributed by atoms with Crippen LogP contribution in [0.2, 0.25) is 0 Å². The number of unbranched alkanes of at least 4 members (excludes halogenated alkanes) is 1. The third-order valence-electron chi connectivity index (χ3n) is 2.52. The van der Waals surface area contributed by atoms with Crippen LogP contribution in [-0.4, -0.2) is 17.3 Å². The number of aliphatic imine (C=N–C) groups is 1. The van der Waals surface area contributed by atoms with Crippen LogP contribution in [0.4, 0.5) is 0 Å². The Bertz CT molecular complexity index is 478. The van der Waals surface area contributed by atoms with E-state index in [1.54, 1.807) is 11.3 Å². The van der Waals surface area contributed by atoms with E-state index in [4.69, 9.17) is 12.2 Å². The van der Waals surface area contributed by atoms with Crippen molar-refractivity contribution in [3.05, 3.63) is 20.6 Å². The molecule has 94 valence electrons. The molecule has 0 amide bonds. The van der Waals surface area contributed by atoms with Crippen molar-refractivity contribution in [2.45, 2.75) is 33.6 Å². The smallest absolute Gasteiger partial charge is 0.161 e. The largest absolute Gasteiger partial charge is 0.326 e. The molecule has 0 unspecified atom stereocenters. The number of rotatable bonds is 5. The molecule has 0 spiro atoms. The quantitative estimate of drug-likeness (QED) is 0.571. The van der Waals surface area contributed by atoms with Gasteiger partial charge in [0.2, 0.25) is 0 Å². The molecule has 1 rings (SSSR count). The van der Waals surface area contributed by atoms with E-state index in [1.165, 1.54) is 16.1 Å². The van der Waals surface area contributed by atoms with Gasteiger partial charge in [-0.15, -0.1) is 11.3 Å². The lowest BCUT2D eigenvalue weighted by molar-refractivity contribution is 0.895. The van der Waals surface area contributed by atoms with Gasteiger partial charge in [-0.25, -0.2) is 0 Å². The van der Waals surface area contributed by atoms with Crippen molar-refractivity contribution in [1.29, 1.82) is 0 Å². The highest BCUT2D eigenvalue weighted by molar-refractivity contribution is 7.73. The van der Waals surface area contributed by atoms with Gasteiger partial charge in [0.25, 0.3) is 0 Å². The number of hydrogen-bond donors (Lipinski definition) is 0. The van der Waals surface area contributed by atoms with E-state index in [9.17, 15) is 0 Å². The highest BCUT2D eigenvalue weighted by atomic mass is 32.1. The minimum atomic E-state index is 0.817. The standard InChI is InChI=1S/C13H20N2S2/c1-5-7-8-11(9-14-6-2)12-10(3)17-13(16)15(12)4/h8-9H,5-7H2,1-4H3/b11-8+,14-9?. The van der Waals surface area contributed by atoms with Gasteiger partial charge in [0.15, 0.2) is 3.95 Å². The normalized spacial score (nSPS) is 12.6. The molecule has 1 heterocycles. The Labute approximate surface area is 113 Å². The van der Waals surface area contributed by atoms with Crippen LogP contribution < -0.4 is 0 Å². The van der Waals surface area contributed by atoms with Crippen LogP contribution in [-0.2, 0) is 7.05 Å².